The number of aromatic nitrogens is 3. The van der Waals surface area contributed by atoms with Crippen molar-refractivity contribution in [2.24, 2.45) is 5.92 Å². The molecule has 0 aliphatic carbocycles. The Morgan fingerprint density at radius 1 is 1.44 bits per heavy atom. The molecule has 0 atom stereocenters. The summed E-state index contributed by atoms with van der Waals surface area (Å²) in [6, 6.07) is 0.589. The molecule has 2 rings (SSSR count). The van der Waals surface area contributed by atoms with Crippen molar-refractivity contribution in [3.63, 3.8) is 0 Å². The number of nitrogens with zero attached hydrogens (tertiary/aromatic N) is 3. The molecule has 1 N–H and O–H groups in total. The Morgan fingerprint density at radius 2 is 2.28 bits per heavy atom. The molecule has 0 unspecified atom stereocenters. The molecule has 0 radical (unpaired) electrons. The summed E-state index contributed by atoms with van der Waals surface area (Å²) in [4.78, 5) is 8.70. The van der Waals surface area contributed by atoms with Gasteiger partial charge < -0.3 is 9.73 Å². The van der Waals surface area contributed by atoms with E-state index in [4.69, 9.17) is 4.42 Å². The van der Waals surface area contributed by atoms with Gasteiger partial charge in [-0.05, 0) is 12.5 Å². The van der Waals surface area contributed by atoms with E-state index < -0.39 is 0 Å². The first-order valence-corrected chi connectivity index (χ1v) is 6.38. The first-order valence-electron chi connectivity index (χ1n) is 6.38. The average molecular weight is 248 g/mol. The Bertz CT molecular complexity index is 487. The maximum atomic E-state index is 5.48. The molecule has 98 valence electrons. The van der Waals surface area contributed by atoms with Gasteiger partial charge in [-0.25, -0.2) is 4.98 Å². The molecule has 0 aliphatic rings. The van der Waals surface area contributed by atoms with Gasteiger partial charge >= 0.3 is 6.01 Å². The largest absolute Gasteiger partial charge is 0.431 e. The molecule has 5 nitrogen and oxygen atoms in total. The van der Waals surface area contributed by atoms with Crippen LogP contribution in [0.15, 0.2) is 23.1 Å². The highest BCUT2D eigenvalue weighted by atomic mass is 16.4. The Balaban J connectivity index is 2.02. The number of aryl methyl sites for hydroxylation is 1. The number of oxazole rings is 1. The van der Waals surface area contributed by atoms with Crippen molar-refractivity contribution in [3.05, 3.63) is 30.2 Å². The molecule has 0 saturated heterocycles. The van der Waals surface area contributed by atoms with Gasteiger partial charge in [0.2, 0.25) is 0 Å². The molecule has 0 bridgehead atoms. The molecule has 0 spiro atoms. The van der Waals surface area contributed by atoms with E-state index in [1.165, 1.54) is 0 Å². The molecule has 0 aliphatic heterocycles. The van der Waals surface area contributed by atoms with Crippen LogP contribution >= 0.6 is 0 Å². The lowest BCUT2D eigenvalue weighted by Crippen LogP contribution is -2.19. The Kier molecular flexibility index (Phi) is 4.15. The lowest BCUT2D eigenvalue weighted by molar-refractivity contribution is 0.517. The summed E-state index contributed by atoms with van der Waals surface area (Å²) in [6.07, 6.45) is 6.19. The van der Waals surface area contributed by atoms with Gasteiger partial charge in [-0.1, -0.05) is 20.8 Å². The lowest BCUT2D eigenvalue weighted by atomic mass is 10.2. The summed E-state index contributed by atoms with van der Waals surface area (Å²) >= 11 is 0. The minimum absolute atomic E-state index is 0.589. The van der Waals surface area contributed by atoms with Gasteiger partial charge in [-0.3, -0.25) is 4.57 Å². The van der Waals surface area contributed by atoms with Gasteiger partial charge in [-0.2, -0.15) is 4.98 Å². The van der Waals surface area contributed by atoms with E-state index in [1.807, 2.05) is 10.8 Å². The maximum absolute atomic E-state index is 5.48. The zero-order valence-corrected chi connectivity index (χ0v) is 11.2. The third-order valence-electron chi connectivity index (χ3n) is 2.64. The van der Waals surface area contributed by atoms with E-state index in [0.717, 1.165) is 31.0 Å². The van der Waals surface area contributed by atoms with Gasteiger partial charge in [-0.15, -0.1) is 0 Å². The highest BCUT2D eigenvalue weighted by molar-refractivity contribution is 5.14. The van der Waals surface area contributed by atoms with E-state index in [2.05, 4.69) is 36.1 Å². The van der Waals surface area contributed by atoms with Crippen molar-refractivity contribution in [1.29, 1.82) is 0 Å². The van der Waals surface area contributed by atoms with Crippen LogP contribution in [0.25, 0.3) is 6.01 Å². The van der Waals surface area contributed by atoms with Crippen molar-refractivity contribution < 1.29 is 4.42 Å². The summed E-state index contributed by atoms with van der Waals surface area (Å²) in [7, 11) is 0. The molecule has 0 amide bonds. The standard InChI is InChI=1S/C13H20N4O/c1-4-12-15-5-6-17(12)13-16-11(9-18-13)8-14-7-10(2)3/h5-6,9-10,14H,4,7-8H2,1-3H3. The Hall–Kier alpha value is -1.62. The van der Waals surface area contributed by atoms with Crippen LogP contribution in [-0.4, -0.2) is 21.1 Å². The predicted molar refractivity (Wildman–Crippen MR) is 69.5 cm³/mol. The molecule has 5 heteroatoms. The second-order valence-corrected chi connectivity index (χ2v) is 4.71. The van der Waals surface area contributed by atoms with Gasteiger partial charge in [0.15, 0.2) is 0 Å². The van der Waals surface area contributed by atoms with Crippen molar-refractivity contribution in [3.8, 4) is 6.01 Å². The second kappa shape index (κ2) is 5.82. The molecular formula is C13H20N4O. The SMILES string of the molecule is CCc1nccn1-c1nc(CNCC(C)C)co1. The predicted octanol–water partition coefficient (Wildman–Crippen LogP) is 2.17. The van der Waals surface area contributed by atoms with E-state index in [-0.39, 0.29) is 0 Å². The smallest absolute Gasteiger partial charge is 0.307 e. The fourth-order valence-electron chi connectivity index (χ4n) is 1.75. The topological polar surface area (TPSA) is 55.9 Å². The van der Waals surface area contributed by atoms with E-state index in [9.17, 15) is 0 Å². The third-order valence-corrected chi connectivity index (χ3v) is 2.64. The van der Waals surface area contributed by atoms with Gasteiger partial charge in [0.25, 0.3) is 0 Å². The van der Waals surface area contributed by atoms with Crippen LogP contribution in [-0.2, 0) is 13.0 Å². The van der Waals surface area contributed by atoms with Crippen LogP contribution in [0.2, 0.25) is 0 Å². The van der Waals surface area contributed by atoms with Crippen LogP contribution in [0.1, 0.15) is 32.3 Å². The Morgan fingerprint density at radius 3 is 3.00 bits per heavy atom. The van der Waals surface area contributed by atoms with Crippen LogP contribution in [0.5, 0.6) is 0 Å². The Labute approximate surface area is 107 Å². The number of nitrogens with one attached hydrogen (secondary N) is 1. The highest BCUT2D eigenvalue weighted by Gasteiger charge is 2.09. The number of imidazole rings is 1. The molecule has 2 heterocycles. The van der Waals surface area contributed by atoms with Crippen LogP contribution in [0, 0.1) is 5.92 Å². The molecule has 0 saturated carbocycles. The molecule has 0 aromatic carbocycles. The fourth-order valence-corrected chi connectivity index (χ4v) is 1.75. The fraction of sp³-hybridized carbons (Fsp3) is 0.538. The molecule has 0 fully saturated rings. The van der Waals surface area contributed by atoms with Crippen LogP contribution in [0.4, 0.5) is 0 Å². The number of hydrogen-bond donors (Lipinski definition) is 1. The normalized spacial score (nSPS) is 11.3. The average Bonchev–Trinajstić information content (AvgIpc) is 2.95. The molecular weight excluding hydrogens is 228 g/mol. The maximum Gasteiger partial charge on any atom is 0.307 e. The highest BCUT2D eigenvalue weighted by Crippen LogP contribution is 2.11. The zero-order chi connectivity index (χ0) is 13.0. The first-order chi connectivity index (χ1) is 8.70. The number of hydrogen-bond acceptors (Lipinski definition) is 4. The van der Waals surface area contributed by atoms with Gasteiger partial charge in [0, 0.05) is 25.4 Å². The quantitative estimate of drug-likeness (QED) is 0.851. The van der Waals surface area contributed by atoms with Gasteiger partial charge in [0.1, 0.15) is 12.1 Å². The molecule has 2 aromatic heterocycles. The zero-order valence-electron chi connectivity index (χ0n) is 11.2. The third kappa shape index (κ3) is 2.98. The molecule has 2 aromatic rings. The summed E-state index contributed by atoms with van der Waals surface area (Å²) in [6.45, 7) is 8.14. The minimum Gasteiger partial charge on any atom is -0.431 e. The van der Waals surface area contributed by atoms with Crippen LogP contribution < -0.4 is 5.32 Å². The van der Waals surface area contributed by atoms with Crippen LogP contribution in [0.3, 0.4) is 0 Å². The van der Waals surface area contributed by atoms with Gasteiger partial charge in [0.05, 0.1) is 5.69 Å². The summed E-state index contributed by atoms with van der Waals surface area (Å²) < 4.78 is 7.36. The molecule has 18 heavy (non-hydrogen) atoms. The summed E-state index contributed by atoms with van der Waals surface area (Å²) in [5.74, 6) is 1.59. The summed E-state index contributed by atoms with van der Waals surface area (Å²) in [5, 5.41) is 3.34. The van der Waals surface area contributed by atoms with E-state index in [0.29, 0.717) is 11.9 Å². The lowest BCUT2D eigenvalue weighted by Gasteiger charge is -2.04. The monoisotopic (exact) mass is 248 g/mol. The second-order valence-electron chi connectivity index (χ2n) is 4.71. The van der Waals surface area contributed by atoms with E-state index in [1.54, 1.807) is 12.5 Å². The van der Waals surface area contributed by atoms with Crippen molar-refractivity contribution in [1.82, 2.24) is 19.9 Å². The van der Waals surface area contributed by atoms with Crippen molar-refractivity contribution in [2.75, 3.05) is 6.54 Å². The number of rotatable bonds is 6. The first kappa shape index (κ1) is 12.8. The summed E-state index contributed by atoms with van der Waals surface area (Å²) in [5.41, 5.74) is 0.918. The van der Waals surface area contributed by atoms with E-state index >= 15 is 0 Å². The minimum atomic E-state index is 0.589. The van der Waals surface area contributed by atoms with Crippen molar-refractivity contribution >= 4 is 0 Å². The van der Waals surface area contributed by atoms with Crippen molar-refractivity contribution in [2.45, 2.75) is 33.7 Å².